The number of esters is 1. The number of hydrogen-bond donors (Lipinski definition) is 1. The van der Waals surface area contributed by atoms with Crippen molar-refractivity contribution < 1.29 is 19.4 Å². The van der Waals surface area contributed by atoms with Crippen molar-refractivity contribution in [3.8, 4) is 6.07 Å². The Kier molecular flexibility index (Phi) is 4.64. The van der Waals surface area contributed by atoms with Crippen molar-refractivity contribution in [2.24, 2.45) is 0 Å². The standard InChI is InChI=1S/C13H11NO4/c1-2-3-11(12(15)18-13(16)17)10-6-4-9(8-14)5-7-10/h3-7H,2H2,1H3,(H,16,17). The smallest absolute Gasteiger partial charge is 0.449 e. The first-order valence-corrected chi connectivity index (χ1v) is 5.24. The second-order valence-corrected chi connectivity index (χ2v) is 3.37. The minimum absolute atomic E-state index is 0.171. The van der Waals surface area contributed by atoms with Gasteiger partial charge in [0.25, 0.3) is 0 Å². The van der Waals surface area contributed by atoms with Crippen LogP contribution in [-0.4, -0.2) is 17.2 Å². The molecule has 0 spiro atoms. The maximum atomic E-state index is 11.6. The van der Waals surface area contributed by atoms with Crippen LogP contribution in [0.15, 0.2) is 30.3 Å². The van der Waals surface area contributed by atoms with Crippen molar-refractivity contribution in [1.29, 1.82) is 5.26 Å². The van der Waals surface area contributed by atoms with Gasteiger partial charge in [0.05, 0.1) is 17.2 Å². The van der Waals surface area contributed by atoms with E-state index in [-0.39, 0.29) is 5.57 Å². The molecule has 0 aromatic heterocycles. The highest BCUT2D eigenvalue weighted by molar-refractivity contribution is 6.18. The van der Waals surface area contributed by atoms with Gasteiger partial charge in [0, 0.05) is 0 Å². The second-order valence-electron chi connectivity index (χ2n) is 3.37. The fourth-order valence-electron chi connectivity index (χ4n) is 1.38. The van der Waals surface area contributed by atoms with Gasteiger partial charge < -0.3 is 9.84 Å². The Balaban J connectivity index is 3.05. The lowest BCUT2D eigenvalue weighted by molar-refractivity contribution is -0.132. The molecule has 0 heterocycles. The zero-order valence-electron chi connectivity index (χ0n) is 9.71. The van der Waals surface area contributed by atoms with Gasteiger partial charge in [-0.05, 0) is 24.1 Å². The molecule has 18 heavy (non-hydrogen) atoms. The molecule has 0 amide bonds. The van der Waals surface area contributed by atoms with Crippen LogP contribution in [0.5, 0.6) is 0 Å². The predicted molar refractivity (Wildman–Crippen MR) is 63.5 cm³/mol. The van der Waals surface area contributed by atoms with Gasteiger partial charge in [-0.2, -0.15) is 5.26 Å². The zero-order chi connectivity index (χ0) is 13.5. The average Bonchev–Trinajstić information content (AvgIpc) is 2.35. The third-order valence-electron chi connectivity index (χ3n) is 2.13. The maximum Gasteiger partial charge on any atom is 0.513 e. The van der Waals surface area contributed by atoms with E-state index in [0.717, 1.165) is 0 Å². The fraction of sp³-hybridized carbons (Fsp3) is 0.154. The van der Waals surface area contributed by atoms with E-state index in [1.807, 2.05) is 13.0 Å². The third kappa shape index (κ3) is 3.46. The van der Waals surface area contributed by atoms with Crippen molar-refractivity contribution in [1.82, 2.24) is 0 Å². The van der Waals surface area contributed by atoms with E-state index in [0.29, 0.717) is 17.5 Å². The van der Waals surface area contributed by atoms with Crippen LogP contribution < -0.4 is 0 Å². The number of allylic oxidation sites excluding steroid dienone is 1. The molecule has 0 unspecified atom stereocenters. The zero-order valence-corrected chi connectivity index (χ0v) is 9.71. The summed E-state index contributed by atoms with van der Waals surface area (Å²) < 4.78 is 4.12. The quantitative estimate of drug-likeness (QED) is 0.502. The Morgan fingerprint density at radius 2 is 2.00 bits per heavy atom. The normalized spacial score (nSPS) is 10.6. The van der Waals surface area contributed by atoms with Gasteiger partial charge in [-0.25, -0.2) is 9.59 Å². The molecule has 5 heteroatoms. The monoisotopic (exact) mass is 245 g/mol. The van der Waals surface area contributed by atoms with Gasteiger partial charge >= 0.3 is 12.1 Å². The minimum Gasteiger partial charge on any atom is -0.449 e. The van der Waals surface area contributed by atoms with E-state index in [9.17, 15) is 9.59 Å². The lowest BCUT2D eigenvalue weighted by Gasteiger charge is -2.05. The number of nitrogens with zero attached hydrogens (tertiary/aromatic N) is 1. The van der Waals surface area contributed by atoms with Crippen LogP contribution in [0.3, 0.4) is 0 Å². The molecule has 0 bridgehead atoms. The fourth-order valence-corrected chi connectivity index (χ4v) is 1.38. The van der Waals surface area contributed by atoms with Gasteiger partial charge in [0.2, 0.25) is 0 Å². The first kappa shape index (κ1) is 13.5. The molecule has 0 radical (unpaired) electrons. The lowest BCUT2D eigenvalue weighted by atomic mass is 10.0. The number of nitriles is 1. The van der Waals surface area contributed by atoms with Crippen LogP contribution in [0.4, 0.5) is 4.79 Å². The van der Waals surface area contributed by atoms with Crippen molar-refractivity contribution in [3.63, 3.8) is 0 Å². The highest BCUT2D eigenvalue weighted by Crippen LogP contribution is 2.17. The summed E-state index contributed by atoms with van der Waals surface area (Å²) in [6, 6.07) is 8.20. The van der Waals surface area contributed by atoms with E-state index in [1.54, 1.807) is 30.3 Å². The van der Waals surface area contributed by atoms with Crippen LogP contribution in [-0.2, 0) is 9.53 Å². The minimum atomic E-state index is -1.64. The molecule has 0 atom stereocenters. The van der Waals surface area contributed by atoms with E-state index >= 15 is 0 Å². The summed E-state index contributed by atoms with van der Waals surface area (Å²) >= 11 is 0. The van der Waals surface area contributed by atoms with Crippen LogP contribution in [0.25, 0.3) is 5.57 Å². The summed E-state index contributed by atoms with van der Waals surface area (Å²) in [5.74, 6) is -0.922. The van der Waals surface area contributed by atoms with E-state index in [4.69, 9.17) is 10.4 Å². The number of carbonyl (C=O) groups is 2. The van der Waals surface area contributed by atoms with Gasteiger partial charge in [-0.1, -0.05) is 25.1 Å². The molecule has 1 aromatic rings. The largest absolute Gasteiger partial charge is 0.513 e. The predicted octanol–water partition coefficient (Wildman–Crippen LogP) is 2.57. The SMILES string of the molecule is CCC=C(C(=O)OC(=O)O)c1ccc(C#N)cc1. The van der Waals surface area contributed by atoms with Gasteiger partial charge in [0.15, 0.2) is 0 Å². The Bertz CT molecular complexity index is 523. The summed E-state index contributed by atoms with van der Waals surface area (Å²) in [5.41, 5.74) is 1.15. The van der Waals surface area contributed by atoms with Crippen LogP contribution in [0.1, 0.15) is 24.5 Å². The molecular formula is C13H11NO4. The number of ether oxygens (including phenoxy) is 1. The molecule has 0 fully saturated rings. The number of benzene rings is 1. The van der Waals surface area contributed by atoms with Gasteiger partial charge in [-0.15, -0.1) is 0 Å². The Morgan fingerprint density at radius 3 is 2.44 bits per heavy atom. The number of rotatable bonds is 3. The van der Waals surface area contributed by atoms with Crippen molar-refractivity contribution in [2.75, 3.05) is 0 Å². The van der Waals surface area contributed by atoms with Crippen LogP contribution >= 0.6 is 0 Å². The number of carbonyl (C=O) groups excluding carboxylic acids is 1. The molecule has 92 valence electrons. The van der Waals surface area contributed by atoms with Crippen LogP contribution in [0, 0.1) is 11.3 Å². The summed E-state index contributed by atoms with van der Waals surface area (Å²) in [6.45, 7) is 1.82. The third-order valence-corrected chi connectivity index (χ3v) is 2.13. The number of hydrogen-bond acceptors (Lipinski definition) is 4. The van der Waals surface area contributed by atoms with Crippen molar-refractivity contribution >= 4 is 17.7 Å². The average molecular weight is 245 g/mol. The van der Waals surface area contributed by atoms with Gasteiger partial charge in [-0.3, -0.25) is 0 Å². The molecule has 0 saturated heterocycles. The van der Waals surface area contributed by atoms with E-state index in [1.165, 1.54) is 0 Å². The molecule has 1 aromatic carbocycles. The molecular weight excluding hydrogens is 234 g/mol. The van der Waals surface area contributed by atoms with Crippen molar-refractivity contribution in [3.05, 3.63) is 41.5 Å². The first-order chi connectivity index (χ1) is 8.58. The molecule has 0 aliphatic rings. The van der Waals surface area contributed by atoms with Gasteiger partial charge in [0.1, 0.15) is 0 Å². The number of carboxylic acid groups (broad SMARTS) is 1. The van der Waals surface area contributed by atoms with E-state index < -0.39 is 12.1 Å². The Morgan fingerprint density at radius 1 is 1.39 bits per heavy atom. The summed E-state index contributed by atoms with van der Waals surface area (Å²) in [5, 5.41) is 17.1. The first-order valence-electron chi connectivity index (χ1n) is 5.24. The second kappa shape index (κ2) is 6.21. The molecule has 0 saturated carbocycles. The highest BCUT2D eigenvalue weighted by atomic mass is 16.7. The molecule has 0 aliphatic heterocycles. The van der Waals surface area contributed by atoms with Crippen LogP contribution in [0.2, 0.25) is 0 Å². The molecule has 1 rings (SSSR count). The summed E-state index contributed by atoms with van der Waals surface area (Å²) in [7, 11) is 0. The summed E-state index contributed by atoms with van der Waals surface area (Å²) in [6.07, 6.45) is 0.493. The highest BCUT2D eigenvalue weighted by Gasteiger charge is 2.16. The van der Waals surface area contributed by atoms with E-state index in [2.05, 4.69) is 4.74 Å². The Labute approximate surface area is 104 Å². The Hall–Kier alpha value is -2.61. The van der Waals surface area contributed by atoms with Crippen molar-refractivity contribution in [2.45, 2.75) is 13.3 Å². The maximum absolute atomic E-state index is 11.6. The lowest BCUT2D eigenvalue weighted by Crippen LogP contribution is -2.11. The topological polar surface area (TPSA) is 87.4 Å². The summed E-state index contributed by atoms with van der Waals surface area (Å²) in [4.78, 5) is 21.9. The molecule has 0 aliphatic carbocycles. The molecule has 1 N–H and O–H groups in total. The molecule has 5 nitrogen and oxygen atoms in total.